The van der Waals surface area contributed by atoms with Gasteiger partial charge in [0.05, 0.1) is 46.0 Å². The summed E-state index contributed by atoms with van der Waals surface area (Å²) in [5.41, 5.74) is -1.22. The third kappa shape index (κ3) is 7.86. The van der Waals surface area contributed by atoms with E-state index in [2.05, 4.69) is 43.4 Å². The maximum Gasteiger partial charge on any atom is 0.330 e. The van der Waals surface area contributed by atoms with Crippen LogP contribution in [0.5, 0.6) is 11.5 Å². The highest BCUT2D eigenvalue weighted by Crippen LogP contribution is 2.57. The van der Waals surface area contributed by atoms with Gasteiger partial charge in [0.15, 0.2) is 6.23 Å². The Morgan fingerprint density at radius 1 is 0.909 bits per heavy atom. The first kappa shape index (κ1) is 40.3. The normalized spacial score (nSPS) is 21.9. The van der Waals surface area contributed by atoms with Crippen LogP contribution in [0.2, 0.25) is 0 Å². The lowest BCUT2D eigenvalue weighted by Crippen LogP contribution is -2.55. The molecule has 6 atom stereocenters. The molecule has 3 aromatic carbocycles. The molecule has 0 amide bonds. The van der Waals surface area contributed by atoms with Crippen LogP contribution in [-0.4, -0.2) is 77.7 Å². The number of benzene rings is 3. The van der Waals surface area contributed by atoms with Crippen molar-refractivity contribution >= 4 is 8.53 Å². The van der Waals surface area contributed by atoms with Crippen molar-refractivity contribution in [3.05, 3.63) is 129 Å². The summed E-state index contributed by atoms with van der Waals surface area (Å²) >= 11 is 0. The van der Waals surface area contributed by atoms with Crippen LogP contribution in [0, 0.1) is 11.3 Å². The van der Waals surface area contributed by atoms with Gasteiger partial charge in [0.25, 0.3) is 14.1 Å². The number of nitrogens with zero attached hydrogens (tertiary/aromatic N) is 3. The van der Waals surface area contributed by atoms with Gasteiger partial charge in [0, 0.05) is 24.3 Å². The van der Waals surface area contributed by atoms with Crippen molar-refractivity contribution in [1.29, 1.82) is 5.26 Å². The first-order valence-corrected chi connectivity index (χ1v) is 19.5. The molecule has 2 aliphatic rings. The lowest BCUT2D eigenvalue weighted by molar-refractivity contribution is -0.230. The molecule has 2 bridgehead atoms. The van der Waals surface area contributed by atoms with Gasteiger partial charge in [-0.15, -0.1) is 0 Å². The molecule has 2 aliphatic heterocycles. The van der Waals surface area contributed by atoms with Crippen LogP contribution in [0.3, 0.4) is 0 Å². The number of hydrogen-bond donors (Lipinski definition) is 1. The summed E-state index contributed by atoms with van der Waals surface area (Å²) in [5.74, 6) is 1.37. The second-order valence-corrected chi connectivity index (χ2v) is 15.5. The maximum atomic E-state index is 13.3. The van der Waals surface area contributed by atoms with Gasteiger partial charge in [-0.2, -0.15) is 5.26 Å². The molecule has 0 spiro atoms. The van der Waals surface area contributed by atoms with Gasteiger partial charge in [0.1, 0.15) is 34.9 Å². The van der Waals surface area contributed by atoms with Crippen LogP contribution in [0.15, 0.2) is 101 Å². The predicted molar refractivity (Wildman–Crippen MR) is 207 cm³/mol. The summed E-state index contributed by atoms with van der Waals surface area (Å²) in [6.07, 6.45) is -1.80. The largest absolute Gasteiger partial charge is 0.497 e. The molecule has 1 aromatic heterocycles. The van der Waals surface area contributed by atoms with Gasteiger partial charge < -0.3 is 32.7 Å². The smallest absolute Gasteiger partial charge is 0.330 e. The number of nitriles is 1. The van der Waals surface area contributed by atoms with E-state index < -0.39 is 55.5 Å². The van der Waals surface area contributed by atoms with Crippen LogP contribution >= 0.6 is 8.53 Å². The Morgan fingerprint density at radius 2 is 1.49 bits per heavy atom. The standard InChI is InChI=1S/C41H49N4O9P/c1-27(2)45(28(3)4)55(51-25-11-23-42)54-37-36-38(44-24-22-35(46)43-39(44)47)53-40(37,26-50-36)29(5)52-41(30-12-9-8-10-13-30,31-14-18-33(48-6)19-15-31)32-16-20-34(49-7)21-17-32/h8-10,12-22,24,27-29,36-38H,11,25-26H2,1-7H3,(H,43,46,47)/t29-,36+,37-,38-,40?,55?/m1/s1. The van der Waals surface area contributed by atoms with E-state index in [0.717, 1.165) is 16.7 Å². The molecule has 2 unspecified atom stereocenters. The maximum absolute atomic E-state index is 13.3. The van der Waals surface area contributed by atoms with Gasteiger partial charge in [-0.1, -0.05) is 54.6 Å². The molecule has 0 saturated carbocycles. The minimum Gasteiger partial charge on any atom is -0.497 e. The second-order valence-electron chi connectivity index (χ2n) is 14.1. The van der Waals surface area contributed by atoms with E-state index in [1.807, 2.05) is 85.8 Å². The third-order valence-corrected chi connectivity index (χ3v) is 12.2. The molecule has 0 aliphatic carbocycles. The Morgan fingerprint density at radius 3 is 2.02 bits per heavy atom. The van der Waals surface area contributed by atoms with Gasteiger partial charge in [-0.25, -0.2) is 9.46 Å². The Kier molecular flexibility index (Phi) is 12.6. The molecule has 292 valence electrons. The Hall–Kier alpha value is -4.38. The number of hydrogen-bond acceptors (Lipinski definition) is 11. The van der Waals surface area contributed by atoms with Crippen LogP contribution in [-0.2, 0) is 28.9 Å². The number of rotatable bonds is 17. The Balaban J connectivity index is 1.52. The van der Waals surface area contributed by atoms with Crippen LogP contribution < -0.4 is 20.7 Å². The second kappa shape index (κ2) is 17.2. The minimum atomic E-state index is -1.78. The molecule has 13 nitrogen and oxygen atoms in total. The van der Waals surface area contributed by atoms with E-state index in [0.29, 0.717) is 11.5 Å². The summed E-state index contributed by atoms with van der Waals surface area (Å²) in [7, 11) is 1.47. The molecular weight excluding hydrogens is 723 g/mol. The highest BCUT2D eigenvalue weighted by molar-refractivity contribution is 7.44. The number of nitrogens with one attached hydrogen (secondary N) is 1. The fraction of sp³-hybridized carbons (Fsp3) is 0.439. The van der Waals surface area contributed by atoms with Gasteiger partial charge >= 0.3 is 5.69 Å². The zero-order valence-corrected chi connectivity index (χ0v) is 33.1. The summed E-state index contributed by atoms with van der Waals surface area (Å²) in [6.45, 7) is 10.4. The molecule has 55 heavy (non-hydrogen) atoms. The van der Waals surface area contributed by atoms with Gasteiger partial charge in [0.2, 0.25) is 0 Å². The van der Waals surface area contributed by atoms with E-state index in [1.165, 1.54) is 16.8 Å². The van der Waals surface area contributed by atoms with Crippen molar-refractivity contribution in [2.24, 2.45) is 0 Å². The van der Waals surface area contributed by atoms with E-state index >= 15 is 0 Å². The Bertz CT molecular complexity index is 1980. The minimum absolute atomic E-state index is 0.0206. The van der Waals surface area contributed by atoms with Crippen molar-refractivity contribution in [2.45, 2.75) is 88.9 Å². The predicted octanol–water partition coefficient (Wildman–Crippen LogP) is 6.28. The van der Waals surface area contributed by atoms with Gasteiger partial charge in [-0.3, -0.25) is 14.3 Å². The fourth-order valence-electron chi connectivity index (χ4n) is 7.52. The third-order valence-electron chi connectivity index (χ3n) is 10.1. The average Bonchev–Trinajstić information content (AvgIpc) is 3.69. The van der Waals surface area contributed by atoms with E-state index in [-0.39, 0.29) is 31.7 Å². The zero-order chi connectivity index (χ0) is 39.3. The first-order chi connectivity index (χ1) is 26.5. The quantitative estimate of drug-likeness (QED) is 0.0735. The number of ether oxygens (including phenoxy) is 5. The summed E-state index contributed by atoms with van der Waals surface area (Å²) < 4.78 is 49.0. The van der Waals surface area contributed by atoms with E-state index in [9.17, 15) is 14.9 Å². The number of methoxy groups -OCH3 is 2. The fourth-order valence-corrected chi connectivity index (χ4v) is 9.32. The lowest BCUT2D eigenvalue weighted by atomic mass is 9.79. The molecule has 1 N–H and O–H groups in total. The highest BCUT2D eigenvalue weighted by atomic mass is 31.2. The van der Waals surface area contributed by atoms with Crippen molar-refractivity contribution in [2.75, 3.05) is 27.4 Å². The topological polar surface area (TPSA) is 147 Å². The molecule has 2 fully saturated rings. The number of aromatic nitrogens is 2. The molecule has 4 aromatic rings. The van der Waals surface area contributed by atoms with E-state index in [4.69, 9.17) is 32.7 Å². The van der Waals surface area contributed by atoms with Crippen LogP contribution in [0.25, 0.3) is 0 Å². The summed E-state index contributed by atoms with van der Waals surface area (Å²) in [5, 5.41) is 9.38. The average molecular weight is 773 g/mol. The van der Waals surface area contributed by atoms with Gasteiger partial charge in [-0.05, 0) is 75.6 Å². The van der Waals surface area contributed by atoms with Crippen molar-refractivity contribution in [1.82, 2.24) is 14.2 Å². The highest BCUT2D eigenvalue weighted by Gasteiger charge is 2.68. The van der Waals surface area contributed by atoms with Crippen molar-refractivity contribution in [3.63, 3.8) is 0 Å². The number of H-pyrrole nitrogens is 1. The number of fused-ring (bicyclic) bond motifs is 2. The monoisotopic (exact) mass is 772 g/mol. The van der Waals surface area contributed by atoms with Crippen LogP contribution in [0.1, 0.15) is 64.0 Å². The van der Waals surface area contributed by atoms with Crippen molar-refractivity contribution in [3.8, 4) is 17.6 Å². The molecule has 2 saturated heterocycles. The SMILES string of the molecule is COc1ccc(C(O[C@H](C)C23CO[C@H]([C@H](n4ccc(=O)[nH]c4=O)O2)[C@H]3OP(OCCC#N)N(C(C)C)C(C)C)(c2ccccc2)c2ccc(OC)cc2)cc1. The molecule has 14 heteroatoms. The molecule has 0 radical (unpaired) electrons. The molecule has 3 heterocycles. The summed E-state index contributed by atoms with van der Waals surface area (Å²) in [6, 6.07) is 28.9. The lowest BCUT2D eigenvalue weighted by Gasteiger charge is -2.44. The first-order valence-electron chi connectivity index (χ1n) is 18.4. The van der Waals surface area contributed by atoms with Crippen molar-refractivity contribution < 1.29 is 32.7 Å². The zero-order valence-electron chi connectivity index (χ0n) is 32.2. The summed E-state index contributed by atoms with van der Waals surface area (Å²) in [4.78, 5) is 27.7. The molecular formula is C41H49N4O9P. The Labute approximate surface area is 322 Å². The van der Waals surface area contributed by atoms with Crippen LogP contribution in [0.4, 0.5) is 0 Å². The molecule has 6 rings (SSSR count). The number of aromatic amines is 1. The van der Waals surface area contributed by atoms with E-state index in [1.54, 1.807) is 14.2 Å².